The Morgan fingerprint density at radius 2 is 1.85 bits per heavy atom. The van der Waals surface area contributed by atoms with Crippen molar-refractivity contribution < 1.29 is 0 Å². The van der Waals surface area contributed by atoms with Crippen LogP contribution in [-0.2, 0) is 11.8 Å². The first-order chi connectivity index (χ1) is 5.95. The summed E-state index contributed by atoms with van der Waals surface area (Å²) in [5.41, 5.74) is 7.35. The molecule has 2 N–H and O–H groups in total. The Morgan fingerprint density at radius 3 is 2.31 bits per heavy atom. The van der Waals surface area contributed by atoms with E-state index < -0.39 is 0 Å². The van der Waals surface area contributed by atoms with Crippen LogP contribution in [0.3, 0.4) is 0 Å². The Labute approximate surface area is 78.6 Å². The highest BCUT2D eigenvalue weighted by molar-refractivity contribution is 5.24. The van der Waals surface area contributed by atoms with E-state index in [0.29, 0.717) is 0 Å². The maximum Gasteiger partial charge on any atom is 0.240 e. The molecule has 0 amide bonds. The van der Waals surface area contributed by atoms with Gasteiger partial charge in [0.05, 0.1) is 11.4 Å². The van der Waals surface area contributed by atoms with Gasteiger partial charge in [-0.25, -0.2) is 4.98 Å². The molecule has 0 fully saturated rings. The van der Waals surface area contributed by atoms with Gasteiger partial charge in [-0.05, 0) is 6.42 Å². The largest absolute Gasteiger partial charge is 0.366 e. The van der Waals surface area contributed by atoms with Crippen molar-refractivity contribution in [3.05, 3.63) is 11.4 Å². The van der Waals surface area contributed by atoms with Crippen LogP contribution in [0, 0.1) is 0 Å². The van der Waals surface area contributed by atoms with Crippen molar-refractivity contribution in [2.45, 2.75) is 39.5 Å². The van der Waals surface area contributed by atoms with E-state index in [4.69, 9.17) is 5.73 Å². The molecule has 0 radical (unpaired) electrons. The van der Waals surface area contributed by atoms with Gasteiger partial charge in [0.2, 0.25) is 5.95 Å². The van der Waals surface area contributed by atoms with Crippen LogP contribution in [0.15, 0.2) is 0 Å². The van der Waals surface area contributed by atoms with E-state index in [1.54, 1.807) is 0 Å². The number of rotatable bonds is 1. The number of nitrogens with two attached hydrogens (primary N) is 1. The minimum absolute atomic E-state index is 0.0184. The third kappa shape index (κ3) is 2.14. The van der Waals surface area contributed by atoms with E-state index in [9.17, 15) is 0 Å². The molecule has 1 aromatic rings. The molecule has 0 atom stereocenters. The molecule has 0 aromatic carbocycles. The molecule has 1 rings (SSSR count). The van der Waals surface area contributed by atoms with Gasteiger partial charge in [0.25, 0.3) is 0 Å². The van der Waals surface area contributed by atoms with Gasteiger partial charge < -0.3 is 5.73 Å². The maximum atomic E-state index is 5.49. The first-order valence-electron chi connectivity index (χ1n) is 4.44. The highest BCUT2D eigenvalue weighted by Crippen LogP contribution is 2.22. The quantitative estimate of drug-likeness (QED) is 0.707. The van der Waals surface area contributed by atoms with Crippen LogP contribution in [0.2, 0.25) is 0 Å². The average Bonchev–Trinajstić information content (AvgIpc) is 2.03. The molecule has 13 heavy (non-hydrogen) atoms. The van der Waals surface area contributed by atoms with Gasteiger partial charge in [0, 0.05) is 5.41 Å². The summed E-state index contributed by atoms with van der Waals surface area (Å²) in [6.45, 7) is 8.32. The molecule has 72 valence electrons. The number of hydrogen-bond acceptors (Lipinski definition) is 4. The maximum absolute atomic E-state index is 5.49. The molecule has 0 bridgehead atoms. The number of hydrogen-bond donors (Lipinski definition) is 1. The minimum Gasteiger partial charge on any atom is -0.366 e. The van der Waals surface area contributed by atoms with E-state index >= 15 is 0 Å². The van der Waals surface area contributed by atoms with Crippen molar-refractivity contribution in [3.63, 3.8) is 0 Å². The van der Waals surface area contributed by atoms with Crippen molar-refractivity contribution in [3.8, 4) is 0 Å². The monoisotopic (exact) mass is 180 g/mol. The van der Waals surface area contributed by atoms with Crippen molar-refractivity contribution in [2.75, 3.05) is 5.73 Å². The molecule has 0 aliphatic carbocycles. The Bertz CT molecular complexity index is 301. The zero-order chi connectivity index (χ0) is 10.1. The van der Waals surface area contributed by atoms with Crippen molar-refractivity contribution >= 4 is 5.95 Å². The molecule has 0 aliphatic heterocycles. The summed E-state index contributed by atoms with van der Waals surface area (Å²) in [6, 6.07) is 0. The van der Waals surface area contributed by atoms with Gasteiger partial charge in [-0.15, -0.1) is 10.2 Å². The molecule has 1 aromatic heterocycles. The molecule has 0 spiro atoms. The Kier molecular flexibility index (Phi) is 2.50. The molecule has 0 saturated heterocycles. The summed E-state index contributed by atoms with van der Waals surface area (Å²) in [5.74, 6) is 0.252. The predicted molar refractivity (Wildman–Crippen MR) is 52.3 cm³/mol. The fourth-order valence-corrected chi connectivity index (χ4v) is 1.20. The average molecular weight is 180 g/mol. The number of nitrogens with zero attached hydrogens (tertiary/aromatic N) is 3. The highest BCUT2D eigenvalue weighted by atomic mass is 15.2. The number of anilines is 1. The van der Waals surface area contributed by atoms with E-state index in [1.807, 2.05) is 6.92 Å². The number of aromatic nitrogens is 3. The lowest BCUT2D eigenvalue weighted by molar-refractivity contribution is 0.551. The van der Waals surface area contributed by atoms with Gasteiger partial charge in [-0.1, -0.05) is 27.7 Å². The zero-order valence-corrected chi connectivity index (χ0v) is 8.63. The van der Waals surface area contributed by atoms with Crippen LogP contribution >= 0.6 is 0 Å². The van der Waals surface area contributed by atoms with Crippen molar-refractivity contribution in [2.24, 2.45) is 0 Å². The molecule has 4 nitrogen and oxygen atoms in total. The fraction of sp³-hybridized carbons (Fsp3) is 0.667. The Morgan fingerprint density at radius 1 is 1.23 bits per heavy atom. The Hall–Kier alpha value is -1.19. The summed E-state index contributed by atoms with van der Waals surface area (Å²) in [5, 5.41) is 7.77. The van der Waals surface area contributed by atoms with Gasteiger partial charge in [0.15, 0.2) is 0 Å². The third-order valence-electron chi connectivity index (χ3n) is 1.82. The smallest absolute Gasteiger partial charge is 0.240 e. The minimum atomic E-state index is -0.0184. The highest BCUT2D eigenvalue weighted by Gasteiger charge is 2.20. The lowest BCUT2D eigenvalue weighted by atomic mass is 9.90. The van der Waals surface area contributed by atoms with Gasteiger partial charge in [-0.2, -0.15) is 0 Å². The second-order valence-electron chi connectivity index (χ2n) is 4.07. The molecule has 4 heteroatoms. The lowest BCUT2D eigenvalue weighted by Gasteiger charge is -2.19. The second kappa shape index (κ2) is 3.28. The molecular weight excluding hydrogens is 164 g/mol. The molecule has 0 saturated carbocycles. The summed E-state index contributed by atoms with van der Waals surface area (Å²) in [7, 11) is 0. The topological polar surface area (TPSA) is 64.7 Å². The van der Waals surface area contributed by atoms with Crippen LogP contribution in [0.5, 0.6) is 0 Å². The Balaban J connectivity index is 3.24. The predicted octanol–water partition coefficient (Wildman–Crippen LogP) is 1.31. The first-order valence-corrected chi connectivity index (χ1v) is 4.44. The van der Waals surface area contributed by atoms with E-state index in [-0.39, 0.29) is 11.4 Å². The van der Waals surface area contributed by atoms with Gasteiger partial charge >= 0.3 is 0 Å². The normalized spacial score (nSPS) is 11.7. The van der Waals surface area contributed by atoms with Crippen LogP contribution in [-0.4, -0.2) is 15.2 Å². The zero-order valence-electron chi connectivity index (χ0n) is 8.63. The molecular formula is C9H16N4. The standard InChI is InChI=1S/C9H16N4/c1-5-6-7(9(2,3)4)11-8(10)13-12-6/h5H2,1-4H3,(H2,10,11,13). The van der Waals surface area contributed by atoms with Crippen molar-refractivity contribution in [1.29, 1.82) is 0 Å². The van der Waals surface area contributed by atoms with Crippen LogP contribution in [0.25, 0.3) is 0 Å². The summed E-state index contributed by atoms with van der Waals surface area (Å²) >= 11 is 0. The first kappa shape index (κ1) is 9.89. The van der Waals surface area contributed by atoms with Crippen LogP contribution in [0.4, 0.5) is 5.95 Å². The third-order valence-corrected chi connectivity index (χ3v) is 1.82. The fourth-order valence-electron chi connectivity index (χ4n) is 1.20. The van der Waals surface area contributed by atoms with Gasteiger partial charge in [-0.3, -0.25) is 0 Å². The van der Waals surface area contributed by atoms with Crippen LogP contribution < -0.4 is 5.73 Å². The van der Waals surface area contributed by atoms with Crippen LogP contribution in [0.1, 0.15) is 39.1 Å². The number of nitrogen functional groups attached to an aromatic ring is 1. The summed E-state index contributed by atoms with van der Waals surface area (Å²) in [6.07, 6.45) is 0.840. The molecule has 0 aliphatic rings. The lowest BCUT2D eigenvalue weighted by Crippen LogP contribution is -2.19. The number of aryl methyl sites for hydroxylation is 1. The second-order valence-corrected chi connectivity index (χ2v) is 4.07. The SMILES string of the molecule is CCc1nnc(N)nc1C(C)(C)C. The molecule has 1 heterocycles. The van der Waals surface area contributed by atoms with E-state index in [0.717, 1.165) is 17.8 Å². The van der Waals surface area contributed by atoms with Crippen molar-refractivity contribution in [1.82, 2.24) is 15.2 Å². The van der Waals surface area contributed by atoms with E-state index in [2.05, 4.69) is 36.0 Å². The van der Waals surface area contributed by atoms with Gasteiger partial charge in [0.1, 0.15) is 0 Å². The summed E-state index contributed by atoms with van der Waals surface area (Å²) in [4.78, 5) is 4.22. The molecule has 0 unspecified atom stereocenters. The summed E-state index contributed by atoms with van der Waals surface area (Å²) < 4.78 is 0. The van der Waals surface area contributed by atoms with E-state index in [1.165, 1.54) is 0 Å².